The number of anilines is 1. The predicted molar refractivity (Wildman–Crippen MR) is 207 cm³/mol. The molecule has 4 aliphatic rings. The van der Waals surface area contributed by atoms with E-state index in [9.17, 15) is 9.59 Å². The molecule has 3 aliphatic heterocycles. The van der Waals surface area contributed by atoms with E-state index in [-0.39, 0.29) is 29.2 Å². The number of nitrogens with one attached hydrogen (secondary N) is 1. The van der Waals surface area contributed by atoms with Gasteiger partial charge in [-0.1, -0.05) is 80.5 Å². The van der Waals surface area contributed by atoms with Gasteiger partial charge in [0.15, 0.2) is 0 Å². The minimum atomic E-state index is -0.467. The number of hydrogen-bond acceptors (Lipinski definition) is 6. The number of cyclic esters (lactones) is 1. The Morgan fingerprint density at radius 3 is 2.68 bits per heavy atom. The number of allylic oxidation sites excluding steroid dienone is 1. The maximum atomic E-state index is 13.4. The fraction of sp³-hybridized carbons (Fsp3) is 0.575. The van der Waals surface area contributed by atoms with Crippen molar-refractivity contribution in [3.8, 4) is 5.75 Å². The average Bonchev–Trinajstić information content (AvgIpc) is 3.35. The first kappa shape index (κ1) is 36.8. The highest BCUT2D eigenvalue weighted by atomic mass is 35.5. The van der Waals surface area contributed by atoms with Gasteiger partial charge < -0.3 is 19.1 Å². The highest BCUT2D eigenvalue weighted by molar-refractivity contribution is 8.13. The Bertz CT molecular complexity index is 1580. The van der Waals surface area contributed by atoms with E-state index < -0.39 is 10.7 Å². The van der Waals surface area contributed by atoms with E-state index >= 15 is 0 Å². The number of fused-ring (bicyclic) bond motifs is 2. The molecule has 0 spiro atoms. The smallest absolute Gasteiger partial charge is 0.410 e. The Hall–Kier alpha value is -3.01. The minimum Gasteiger partial charge on any atom is -0.491 e. The standard InChI is InChI=1S/C40H55ClN4O4S/c1-6-8-10-30(21-43-17-18-45-34(24-43)26-49-40(45)47)36-14-11-31(36)22-44-23-32(35-15-13-33(41)19-28(35)9-7-2)25-48-38-16-12-29(20-37(38)44)39(46)42-50(5)27(3)4/h8,10,12-13,15-16,19-20,27,30-32,34,36H,5-7,9,11,14,17-18,21-26H2,1-4H3,(H,42,46)/b10-8+. The van der Waals surface area contributed by atoms with Crippen LogP contribution in [0.1, 0.15) is 80.8 Å². The molecule has 6 unspecified atom stereocenters. The summed E-state index contributed by atoms with van der Waals surface area (Å²) < 4.78 is 15.1. The van der Waals surface area contributed by atoms with Gasteiger partial charge in [-0.05, 0) is 84.9 Å². The third-order valence-electron chi connectivity index (χ3n) is 11.1. The van der Waals surface area contributed by atoms with Gasteiger partial charge in [0.05, 0.1) is 18.3 Å². The van der Waals surface area contributed by atoms with E-state index in [2.05, 4.69) is 72.4 Å². The van der Waals surface area contributed by atoms with Crippen molar-refractivity contribution >= 4 is 45.8 Å². The number of carbonyl (C=O) groups excluding carboxylic acids is 2. The second-order valence-corrected chi connectivity index (χ2v) is 17.2. The monoisotopic (exact) mass is 722 g/mol. The van der Waals surface area contributed by atoms with E-state index in [1.54, 1.807) is 0 Å². The average molecular weight is 723 g/mol. The van der Waals surface area contributed by atoms with Gasteiger partial charge in [-0.2, -0.15) is 0 Å². The summed E-state index contributed by atoms with van der Waals surface area (Å²) in [4.78, 5) is 32.5. The minimum absolute atomic E-state index is 0.0933. The van der Waals surface area contributed by atoms with Crippen LogP contribution in [0.25, 0.3) is 0 Å². The maximum absolute atomic E-state index is 13.4. The van der Waals surface area contributed by atoms with Crippen molar-refractivity contribution in [1.29, 1.82) is 0 Å². The van der Waals surface area contributed by atoms with Crippen LogP contribution in [0.2, 0.25) is 5.02 Å². The number of nitrogens with zero attached hydrogens (tertiary/aromatic N) is 3. The van der Waals surface area contributed by atoms with E-state index in [0.717, 1.165) is 75.0 Å². The lowest BCUT2D eigenvalue weighted by molar-refractivity contribution is 0.0703. The quantitative estimate of drug-likeness (QED) is 0.168. The number of benzene rings is 2. The van der Waals surface area contributed by atoms with Crippen LogP contribution in [0.5, 0.6) is 5.75 Å². The van der Waals surface area contributed by atoms with Crippen molar-refractivity contribution in [2.45, 2.75) is 77.0 Å². The van der Waals surface area contributed by atoms with Crippen LogP contribution in [-0.4, -0.2) is 91.4 Å². The zero-order chi connectivity index (χ0) is 35.4. The van der Waals surface area contributed by atoms with E-state index in [1.807, 2.05) is 29.2 Å². The van der Waals surface area contributed by atoms with Gasteiger partial charge >= 0.3 is 6.09 Å². The Balaban J connectivity index is 1.26. The second kappa shape index (κ2) is 16.6. The Labute approximate surface area is 306 Å². The molecule has 3 heterocycles. The molecule has 0 bridgehead atoms. The number of amides is 2. The van der Waals surface area contributed by atoms with Gasteiger partial charge in [-0.3, -0.25) is 14.6 Å². The molecule has 2 amide bonds. The molecule has 1 N–H and O–H groups in total. The van der Waals surface area contributed by atoms with E-state index in [0.29, 0.717) is 36.5 Å². The molecule has 6 atom stereocenters. The van der Waals surface area contributed by atoms with Crippen molar-refractivity contribution in [2.24, 2.45) is 17.8 Å². The second-order valence-electron chi connectivity index (χ2n) is 14.8. The van der Waals surface area contributed by atoms with Crippen molar-refractivity contribution in [3.05, 3.63) is 70.3 Å². The molecular weight excluding hydrogens is 668 g/mol. The predicted octanol–water partition coefficient (Wildman–Crippen LogP) is 7.77. The summed E-state index contributed by atoms with van der Waals surface area (Å²) in [5.41, 5.74) is 4.22. The van der Waals surface area contributed by atoms with Crippen LogP contribution < -0.4 is 14.4 Å². The molecule has 50 heavy (non-hydrogen) atoms. The number of carbonyl (C=O) groups is 2. The van der Waals surface area contributed by atoms with Gasteiger partial charge in [0.25, 0.3) is 5.91 Å². The molecule has 10 heteroatoms. The van der Waals surface area contributed by atoms with Crippen LogP contribution >= 0.6 is 22.3 Å². The van der Waals surface area contributed by atoms with Crippen LogP contribution in [-0.2, 0) is 11.2 Å². The lowest BCUT2D eigenvalue weighted by Gasteiger charge is -2.46. The first-order chi connectivity index (χ1) is 24.1. The lowest BCUT2D eigenvalue weighted by atomic mass is 9.66. The highest BCUT2D eigenvalue weighted by Crippen LogP contribution is 2.44. The summed E-state index contributed by atoms with van der Waals surface area (Å²) in [7, 11) is -0.467. The van der Waals surface area contributed by atoms with Crippen LogP contribution in [0, 0.1) is 17.8 Å². The third kappa shape index (κ3) is 8.37. The molecule has 0 aromatic heterocycles. The number of hydrogen-bond donors (Lipinski definition) is 1. The first-order valence-electron chi connectivity index (χ1n) is 18.6. The molecule has 1 aliphatic carbocycles. The summed E-state index contributed by atoms with van der Waals surface area (Å²) in [6, 6.07) is 12.4. The maximum Gasteiger partial charge on any atom is 0.410 e. The SMILES string of the molecule is C=S(NC(=O)c1ccc2c(c1)N(CC1CCC1C(/C=C/CC)CN1CCN3C(=O)OCC3C1)CC(c1ccc(Cl)cc1CCC)CO2)C(C)C. The summed E-state index contributed by atoms with van der Waals surface area (Å²) in [6.07, 6.45) is 10.0. The fourth-order valence-electron chi connectivity index (χ4n) is 8.09. The summed E-state index contributed by atoms with van der Waals surface area (Å²) in [6.45, 7) is 14.8. The fourth-order valence-corrected chi connectivity index (χ4v) is 8.87. The first-order valence-corrected chi connectivity index (χ1v) is 20.4. The van der Waals surface area contributed by atoms with Crippen LogP contribution in [0.4, 0.5) is 10.5 Å². The zero-order valence-electron chi connectivity index (χ0n) is 30.2. The normalized spacial score (nSPS) is 25.0. The summed E-state index contributed by atoms with van der Waals surface area (Å²) in [5, 5.41) is 1.03. The van der Waals surface area contributed by atoms with E-state index in [1.165, 1.54) is 24.0 Å². The number of aryl methyl sites for hydroxylation is 1. The van der Waals surface area contributed by atoms with Gasteiger partial charge in [-0.15, -0.1) is 0 Å². The molecule has 1 saturated carbocycles. The van der Waals surface area contributed by atoms with Crippen LogP contribution in [0.3, 0.4) is 0 Å². The Kier molecular flexibility index (Phi) is 12.2. The number of piperazine rings is 1. The van der Waals surface area contributed by atoms with Crippen molar-refractivity contribution in [3.63, 3.8) is 0 Å². The molecule has 2 aromatic carbocycles. The van der Waals surface area contributed by atoms with Crippen molar-refractivity contribution in [2.75, 3.05) is 57.4 Å². The third-order valence-corrected chi connectivity index (χ3v) is 12.9. The van der Waals surface area contributed by atoms with Gasteiger partial charge in [0.2, 0.25) is 0 Å². The molecule has 6 rings (SSSR count). The van der Waals surface area contributed by atoms with Gasteiger partial charge in [0.1, 0.15) is 12.4 Å². The number of halogens is 1. The largest absolute Gasteiger partial charge is 0.491 e. The van der Waals surface area contributed by atoms with Gasteiger partial charge in [0, 0.05) is 61.0 Å². The molecule has 2 aromatic rings. The van der Waals surface area contributed by atoms with Gasteiger partial charge in [-0.25, -0.2) is 4.79 Å². The lowest BCUT2D eigenvalue weighted by Crippen LogP contribution is -2.54. The molecule has 8 nitrogen and oxygen atoms in total. The number of ether oxygens (including phenoxy) is 2. The molecule has 2 saturated heterocycles. The molecular formula is C40H55ClN4O4S. The van der Waals surface area contributed by atoms with Crippen LogP contribution in [0.15, 0.2) is 48.6 Å². The van der Waals surface area contributed by atoms with Crippen molar-refractivity contribution < 1.29 is 19.1 Å². The highest BCUT2D eigenvalue weighted by Gasteiger charge is 2.42. The van der Waals surface area contributed by atoms with E-state index in [4.69, 9.17) is 21.1 Å². The van der Waals surface area contributed by atoms with Crippen molar-refractivity contribution in [1.82, 2.24) is 14.5 Å². The molecule has 272 valence electrons. The summed E-state index contributed by atoms with van der Waals surface area (Å²) >= 11 is 6.49. The summed E-state index contributed by atoms with van der Waals surface area (Å²) in [5.74, 6) is 6.58. The molecule has 3 fully saturated rings. The molecule has 0 radical (unpaired) electrons. The Morgan fingerprint density at radius 1 is 1.10 bits per heavy atom. The topological polar surface area (TPSA) is 74.4 Å². The zero-order valence-corrected chi connectivity index (χ0v) is 31.8. The number of rotatable bonds is 13. The Morgan fingerprint density at radius 2 is 1.94 bits per heavy atom.